The van der Waals surface area contributed by atoms with Crippen LogP contribution in [0, 0.1) is 0 Å². The number of phenols is 1. The summed E-state index contributed by atoms with van der Waals surface area (Å²) in [6.07, 6.45) is -4.05. The smallest absolute Gasteiger partial charge is 0.398 e. The van der Waals surface area contributed by atoms with Crippen molar-refractivity contribution < 1.29 is 18.3 Å². The monoisotopic (exact) mass is 236 g/mol. The Bertz CT molecular complexity index is 396. The van der Waals surface area contributed by atoms with Crippen molar-refractivity contribution in [1.82, 2.24) is 0 Å². The van der Waals surface area contributed by atoms with Gasteiger partial charge in [-0.25, -0.2) is 0 Å². The molecule has 1 N–H and O–H groups in total. The van der Waals surface area contributed by atoms with E-state index in [1.54, 1.807) is 0 Å². The largest absolute Gasteiger partial charge is 0.506 e. The van der Waals surface area contributed by atoms with E-state index in [4.69, 9.17) is 16.7 Å². The van der Waals surface area contributed by atoms with Gasteiger partial charge < -0.3 is 5.11 Å². The van der Waals surface area contributed by atoms with E-state index in [9.17, 15) is 13.2 Å². The van der Waals surface area contributed by atoms with Gasteiger partial charge in [-0.05, 0) is 30.5 Å². The SMILES string of the molecule is Oc1ccc(C2(C(F)(F)F)CC2)cc1Cl. The highest BCUT2D eigenvalue weighted by atomic mass is 35.5. The van der Waals surface area contributed by atoms with Crippen molar-refractivity contribution >= 4 is 11.6 Å². The summed E-state index contributed by atoms with van der Waals surface area (Å²) in [6.45, 7) is 0. The molecule has 0 aromatic heterocycles. The van der Waals surface area contributed by atoms with E-state index in [0.717, 1.165) is 0 Å². The Kier molecular flexibility index (Phi) is 2.15. The molecule has 1 nitrogen and oxygen atoms in total. The maximum absolute atomic E-state index is 12.7. The molecule has 1 fully saturated rings. The van der Waals surface area contributed by atoms with Gasteiger partial charge in [-0.15, -0.1) is 0 Å². The van der Waals surface area contributed by atoms with E-state index < -0.39 is 11.6 Å². The Balaban J connectivity index is 2.43. The van der Waals surface area contributed by atoms with Crippen molar-refractivity contribution in [3.05, 3.63) is 28.8 Å². The third-order valence-corrected chi connectivity index (χ3v) is 3.10. The predicted molar refractivity (Wildman–Crippen MR) is 50.1 cm³/mol. The Morgan fingerprint density at radius 3 is 2.27 bits per heavy atom. The molecule has 0 heterocycles. The third kappa shape index (κ3) is 1.57. The molecule has 0 saturated heterocycles. The first-order valence-corrected chi connectivity index (χ1v) is 4.80. The zero-order valence-corrected chi connectivity index (χ0v) is 8.36. The highest BCUT2D eigenvalue weighted by Gasteiger charge is 2.64. The molecule has 5 heteroatoms. The first-order chi connectivity index (χ1) is 6.87. The van der Waals surface area contributed by atoms with Crippen LogP contribution in [0.25, 0.3) is 0 Å². The molecule has 1 aliphatic rings. The molecular formula is C10H8ClF3O. The van der Waals surface area contributed by atoms with E-state index in [0.29, 0.717) is 0 Å². The molecule has 1 aromatic rings. The quantitative estimate of drug-likeness (QED) is 0.789. The second-order valence-corrected chi connectivity index (χ2v) is 4.15. The van der Waals surface area contributed by atoms with Gasteiger partial charge in [-0.1, -0.05) is 17.7 Å². The van der Waals surface area contributed by atoms with Crippen LogP contribution >= 0.6 is 11.6 Å². The van der Waals surface area contributed by atoms with Crippen molar-refractivity contribution in [3.63, 3.8) is 0 Å². The van der Waals surface area contributed by atoms with Gasteiger partial charge in [0, 0.05) is 0 Å². The lowest BCUT2D eigenvalue weighted by molar-refractivity contribution is -0.160. The minimum Gasteiger partial charge on any atom is -0.506 e. The molecule has 0 bridgehead atoms. The number of phenolic OH excluding ortho intramolecular Hbond substituents is 1. The van der Waals surface area contributed by atoms with Crippen LogP contribution in [0.2, 0.25) is 5.02 Å². The van der Waals surface area contributed by atoms with Crippen molar-refractivity contribution in [2.45, 2.75) is 24.4 Å². The van der Waals surface area contributed by atoms with E-state index in [2.05, 4.69) is 0 Å². The van der Waals surface area contributed by atoms with Crippen molar-refractivity contribution in [3.8, 4) is 5.75 Å². The van der Waals surface area contributed by atoms with Gasteiger partial charge in [0.05, 0.1) is 10.4 Å². The summed E-state index contributed by atoms with van der Waals surface area (Å²) in [5, 5.41) is 9.08. The fourth-order valence-corrected chi connectivity index (χ4v) is 1.85. The molecule has 0 aliphatic heterocycles. The molecular weight excluding hydrogens is 229 g/mol. The highest BCUT2D eigenvalue weighted by molar-refractivity contribution is 6.32. The Hall–Kier alpha value is -0.900. The fraction of sp³-hybridized carbons (Fsp3) is 0.400. The fourth-order valence-electron chi connectivity index (χ4n) is 1.67. The number of aromatic hydroxyl groups is 1. The summed E-state index contributed by atoms with van der Waals surface area (Å²) in [7, 11) is 0. The zero-order chi connectivity index (χ0) is 11.3. The summed E-state index contributed by atoms with van der Waals surface area (Å²) >= 11 is 5.58. The van der Waals surface area contributed by atoms with E-state index in [-0.39, 0.29) is 29.2 Å². The highest BCUT2D eigenvalue weighted by Crippen LogP contribution is 2.59. The van der Waals surface area contributed by atoms with Crippen LogP contribution in [0.15, 0.2) is 18.2 Å². The van der Waals surface area contributed by atoms with Crippen molar-refractivity contribution in [2.24, 2.45) is 0 Å². The Labute approximate surface area is 89.5 Å². The van der Waals surface area contributed by atoms with Gasteiger partial charge in [0.25, 0.3) is 0 Å². The Morgan fingerprint density at radius 1 is 1.27 bits per heavy atom. The van der Waals surface area contributed by atoms with Gasteiger partial charge in [-0.2, -0.15) is 13.2 Å². The van der Waals surface area contributed by atoms with Crippen LogP contribution in [0.1, 0.15) is 18.4 Å². The lowest BCUT2D eigenvalue weighted by atomic mass is 9.95. The molecule has 0 amide bonds. The van der Waals surface area contributed by atoms with Gasteiger partial charge in [0.1, 0.15) is 5.75 Å². The lowest BCUT2D eigenvalue weighted by Crippen LogP contribution is -2.28. The third-order valence-electron chi connectivity index (χ3n) is 2.79. The average Bonchev–Trinajstić information content (AvgIpc) is 2.88. The first kappa shape index (κ1) is 10.6. The normalized spacial score (nSPS) is 18.9. The molecule has 0 radical (unpaired) electrons. The van der Waals surface area contributed by atoms with Crippen LogP contribution in [-0.4, -0.2) is 11.3 Å². The standard InChI is InChI=1S/C10H8ClF3O/c11-7-5-6(1-2-8(7)15)9(3-4-9)10(12,13)14/h1-2,5,15H,3-4H2. The summed E-state index contributed by atoms with van der Waals surface area (Å²) in [4.78, 5) is 0. The predicted octanol–water partition coefficient (Wildman–Crippen LogP) is 3.64. The molecule has 0 atom stereocenters. The second kappa shape index (κ2) is 3.04. The number of benzene rings is 1. The second-order valence-electron chi connectivity index (χ2n) is 3.75. The summed E-state index contributed by atoms with van der Waals surface area (Å²) < 4.78 is 38.1. The van der Waals surface area contributed by atoms with Crippen LogP contribution in [0.4, 0.5) is 13.2 Å². The first-order valence-electron chi connectivity index (χ1n) is 4.42. The number of hydrogen-bond acceptors (Lipinski definition) is 1. The summed E-state index contributed by atoms with van der Waals surface area (Å²) in [5.41, 5.74) is -1.59. The van der Waals surface area contributed by atoms with Crippen LogP contribution in [-0.2, 0) is 5.41 Å². The van der Waals surface area contributed by atoms with Crippen LogP contribution < -0.4 is 0 Å². The number of alkyl halides is 3. The van der Waals surface area contributed by atoms with E-state index in [1.165, 1.54) is 18.2 Å². The van der Waals surface area contributed by atoms with Gasteiger partial charge in [0.2, 0.25) is 0 Å². The van der Waals surface area contributed by atoms with E-state index in [1.807, 2.05) is 0 Å². The number of hydrogen-bond donors (Lipinski definition) is 1. The lowest BCUT2D eigenvalue weighted by Gasteiger charge is -2.19. The molecule has 2 rings (SSSR count). The summed E-state index contributed by atoms with van der Waals surface area (Å²) in [6, 6.07) is 3.67. The van der Waals surface area contributed by atoms with Crippen LogP contribution in [0.3, 0.4) is 0 Å². The molecule has 15 heavy (non-hydrogen) atoms. The molecule has 1 aliphatic carbocycles. The molecule has 0 unspecified atom stereocenters. The maximum atomic E-state index is 12.7. The topological polar surface area (TPSA) is 20.2 Å². The average molecular weight is 237 g/mol. The summed E-state index contributed by atoms with van der Waals surface area (Å²) in [5.74, 6) is -0.196. The van der Waals surface area contributed by atoms with Gasteiger partial charge in [-0.3, -0.25) is 0 Å². The molecule has 1 aromatic carbocycles. The number of rotatable bonds is 1. The van der Waals surface area contributed by atoms with Crippen LogP contribution in [0.5, 0.6) is 5.75 Å². The van der Waals surface area contributed by atoms with Gasteiger partial charge >= 0.3 is 6.18 Å². The van der Waals surface area contributed by atoms with Crippen molar-refractivity contribution in [2.75, 3.05) is 0 Å². The number of halogens is 4. The maximum Gasteiger partial charge on any atom is 0.398 e. The molecule has 1 saturated carbocycles. The minimum atomic E-state index is -4.24. The minimum absolute atomic E-state index is 0.0389. The molecule has 82 valence electrons. The zero-order valence-electron chi connectivity index (χ0n) is 7.61. The Morgan fingerprint density at radius 2 is 1.87 bits per heavy atom. The molecule has 0 spiro atoms. The van der Waals surface area contributed by atoms with E-state index >= 15 is 0 Å². The van der Waals surface area contributed by atoms with Crippen molar-refractivity contribution in [1.29, 1.82) is 0 Å². The van der Waals surface area contributed by atoms with Gasteiger partial charge in [0.15, 0.2) is 0 Å².